The van der Waals surface area contributed by atoms with Crippen molar-refractivity contribution in [3.05, 3.63) is 47.9 Å². The molecule has 1 aliphatic rings. The molecule has 0 radical (unpaired) electrons. The molecule has 0 aliphatic carbocycles. The SMILES string of the molecule is COc1ccc(OC)c(CN(Cc2ccoc2)CC2CCCO2)c1. The molecule has 1 fully saturated rings. The molecule has 2 aromatic rings. The molecular formula is C19H25NO4. The van der Waals surface area contributed by atoms with E-state index in [9.17, 15) is 0 Å². The number of hydrogen-bond donors (Lipinski definition) is 0. The third kappa shape index (κ3) is 4.30. The molecule has 5 nitrogen and oxygen atoms in total. The van der Waals surface area contributed by atoms with Crippen LogP contribution in [0.4, 0.5) is 0 Å². The van der Waals surface area contributed by atoms with Crippen molar-refractivity contribution in [1.29, 1.82) is 0 Å². The van der Waals surface area contributed by atoms with E-state index in [0.717, 1.165) is 61.7 Å². The normalized spacial score (nSPS) is 17.4. The summed E-state index contributed by atoms with van der Waals surface area (Å²) in [5.41, 5.74) is 2.27. The third-order valence-electron chi connectivity index (χ3n) is 4.35. The lowest BCUT2D eigenvalue weighted by atomic mass is 10.1. The Hall–Kier alpha value is -1.98. The lowest BCUT2D eigenvalue weighted by Crippen LogP contribution is -2.31. The van der Waals surface area contributed by atoms with E-state index in [-0.39, 0.29) is 0 Å². The first-order valence-corrected chi connectivity index (χ1v) is 8.34. The van der Waals surface area contributed by atoms with Crippen LogP contribution in [0.15, 0.2) is 41.2 Å². The van der Waals surface area contributed by atoms with Gasteiger partial charge in [0.1, 0.15) is 11.5 Å². The van der Waals surface area contributed by atoms with E-state index in [4.69, 9.17) is 18.6 Å². The third-order valence-corrected chi connectivity index (χ3v) is 4.35. The van der Waals surface area contributed by atoms with E-state index in [1.54, 1.807) is 26.7 Å². The van der Waals surface area contributed by atoms with Crippen molar-refractivity contribution in [3.8, 4) is 11.5 Å². The van der Waals surface area contributed by atoms with Gasteiger partial charge in [0.2, 0.25) is 0 Å². The molecule has 0 spiro atoms. The standard InChI is InChI=1S/C19H25NO4/c1-21-17-5-6-19(22-2)16(10-17)12-20(11-15-7-9-23-14-15)13-18-4-3-8-24-18/h5-7,9-10,14,18H,3-4,8,11-13H2,1-2H3. The molecule has 5 heteroatoms. The highest BCUT2D eigenvalue weighted by atomic mass is 16.5. The van der Waals surface area contributed by atoms with Crippen LogP contribution in [-0.2, 0) is 17.8 Å². The van der Waals surface area contributed by atoms with Crippen molar-refractivity contribution in [1.82, 2.24) is 4.90 Å². The van der Waals surface area contributed by atoms with E-state index in [1.165, 1.54) is 0 Å². The van der Waals surface area contributed by atoms with Crippen molar-refractivity contribution in [2.24, 2.45) is 0 Å². The average molecular weight is 331 g/mol. The van der Waals surface area contributed by atoms with Crippen molar-refractivity contribution in [2.75, 3.05) is 27.4 Å². The van der Waals surface area contributed by atoms with Gasteiger partial charge in [0.05, 0.1) is 32.8 Å². The first-order chi connectivity index (χ1) is 11.8. The Morgan fingerprint density at radius 1 is 1.17 bits per heavy atom. The van der Waals surface area contributed by atoms with Gasteiger partial charge in [-0.25, -0.2) is 0 Å². The average Bonchev–Trinajstić information content (AvgIpc) is 3.28. The van der Waals surface area contributed by atoms with Crippen LogP contribution in [0, 0.1) is 0 Å². The summed E-state index contributed by atoms with van der Waals surface area (Å²) in [5.74, 6) is 1.71. The summed E-state index contributed by atoms with van der Waals surface area (Å²) >= 11 is 0. The first kappa shape index (κ1) is 16.9. The Bertz CT molecular complexity index is 620. The number of ether oxygens (including phenoxy) is 3. The summed E-state index contributed by atoms with van der Waals surface area (Å²) < 4.78 is 21.9. The van der Waals surface area contributed by atoms with Crippen LogP contribution in [0.3, 0.4) is 0 Å². The highest BCUT2D eigenvalue weighted by Gasteiger charge is 2.21. The largest absolute Gasteiger partial charge is 0.497 e. The van der Waals surface area contributed by atoms with Crippen molar-refractivity contribution >= 4 is 0 Å². The Labute approximate surface area is 143 Å². The fourth-order valence-electron chi connectivity index (χ4n) is 3.15. The predicted molar refractivity (Wildman–Crippen MR) is 91.3 cm³/mol. The maximum Gasteiger partial charge on any atom is 0.123 e. The quantitative estimate of drug-likeness (QED) is 0.741. The second-order valence-electron chi connectivity index (χ2n) is 6.11. The highest BCUT2D eigenvalue weighted by Crippen LogP contribution is 2.26. The zero-order valence-corrected chi connectivity index (χ0v) is 14.4. The monoisotopic (exact) mass is 331 g/mol. The van der Waals surface area contributed by atoms with Crippen LogP contribution in [0.2, 0.25) is 0 Å². The molecule has 24 heavy (non-hydrogen) atoms. The van der Waals surface area contributed by atoms with Gasteiger partial charge in [-0.05, 0) is 37.1 Å². The van der Waals surface area contributed by atoms with Crippen LogP contribution in [-0.4, -0.2) is 38.4 Å². The molecule has 130 valence electrons. The smallest absolute Gasteiger partial charge is 0.123 e. The van der Waals surface area contributed by atoms with Crippen LogP contribution in [0.25, 0.3) is 0 Å². The van der Waals surface area contributed by atoms with Gasteiger partial charge in [-0.1, -0.05) is 0 Å². The molecule has 0 amide bonds. The van der Waals surface area contributed by atoms with Crippen LogP contribution in [0.5, 0.6) is 11.5 Å². The maximum absolute atomic E-state index is 5.82. The second-order valence-corrected chi connectivity index (χ2v) is 6.11. The molecule has 1 aromatic heterocycles. The molecule has 2 heterocycles. The zero-order chi connectivity index (χ0) is 16.8. The fraction of sp³-hybridized carbons (Fsp3) is 0.474. The van der Waals surface area contributed by atoms with Gasteiger partial charge in [-0.15, -0.1) is 0 Å². The molecule has 0 N–H and O–H groups in total. The molecule has 1 unspecified atom stereocenters. The van der Waals surface area contributed by atoms with Gasteiger partial charge in [0.15, 0.2) is 0 Å². The predicted octanol–water partition coefficient (Wildman–Crippen LogP) is 3.48. The topological polar surface area (TPSA) is 44.1 Å². The van der Waals surface area contributed by atoms with Gasteiger partial charge in [0, 0.05) is 37.4 Å². The fourth-order valence-corrected chi connectivity index (χ4v) is 3.15. The van der Waals surface area contributed by atoms with E-state index in [2.05, 4.69) is 4.90 Å². The minimum atomic E-state index is 0.300. The van der Waals surface area contributed by atoms with Crippen LogP contribution in [0.1, 0.15) is 24.0 Å². The van der Waals surface area contributed by atoms with Gasteiger partial charge in [-0.3, -0.25) is 4.90 Å². The Balaban J connectivity index is 1.76. The minimum Gasteiger partial charge on any atom is -0.497 e. The van der Waals surface area contributed by atoms with Gasteiger partial charge in [-0.2, -0.15) is 0 Å². The van der Waals surface area contributed by atoms with E-state index in [0.29, 0.717) is 6.10 Å². The lowest BCUT2D eigenvalue weighted by molar-refractivity contribution is 0.0675. The van der Waals surface area contributed by atoms with Gasteiger partial charge in [0.25, 0.3) is 0 Å². The molecule has 1 atom stereocenters. The van der Waals surface area contributed by atoms with Crippen molar-refractivity contribution in [3.63, 3.8) is 0 Å². The second kappa shape index (κ2) is 8.22. The molecule has 1 aromatic carbocycles. The number of nitrogens with zero attached hydrogens (tertiary/aromatic N) is 1. The van der Waals surface area contributed by atoms with Crippen molar-refractivity contribution < 1.29 is 18.6 Å². The first-order valence-electron chi connectivity index (χ1n) is 8.34. The number of hydrogen-bond acceptors (Lipinski definition) is 5. The molecule has 3 rings (SSSR count). The number of furan rings is 1. The molecule has 0 bridgehead atoms. The van der Waals surface area contributed by atoms with Crippen LogP contribution < -0.4 is 9.47 Å². The van der Waals surface area contributed by atoms with Gasteiger partial charge < -0.3 is 18.6 Å². The van der Waals surface area contributed by atoms with Crippen molar-refractivity contribution in [2.45, 2.75) is 32.0 Å². The summed E-state index contributed by atoms with van der Waals surface area (Å²) in [6.45, 7) is 3.35. The summed E-state index contributed by atoms with van der Waals surface area (Å²) in [5, 5.41) is 0. The summed E-state index contributed by atoms with van der Waals surface area (Å²) in [6, 6.07) is 7.92. The highest BCUT2D eigenvalue weighted by molar-refractivity contribution is 5.40. The molecule has 1 saturated heterocycles. The summed E-state index contributed by atoms with van der Waals surface area (Å²) in [7, 11) is 3.38. The van der Waals surface area contributed by atoms with E-state index in [1.807, 2.05) is 24.3 Å². The number of methoxy groups -OCH3 is 2. The van der Waals surface area contributed by atoms with Crippen LogP contribution >= 0.6 is 0 Å². The minimum absolute atomic E-state index is 0.300. The number of benzene rings is 1. The Morgan fingerprint density at radius 3 is 2.75 bits per heavy atom. The number of rotatable bonds is 8. The molecule has 0 saturated carbocycles. The molecular weight excluding hydrogens is 306 g/mol. The summed E-state index contributed by atoms with van der Waals surface area (Å²) in [4.78, 5) is 2.37. The maximum atomic E-state index is 5.82. The van der Waals surface area contributed by atoms with E-state index < -0.39 is 0 Å². The zero-order valence-electron chi connectivity index (χ0n) is 14.4. The van der Waals surface area contributed by atoms with E-state index >= 15 is 0 Å². The van der Waals surface area contributed by atoms with Gasteiger partial charge >= 0.3 is 0 Å². The lowest BCUT2D eigenvalue weighted by Gasteiger charge is -2.25. The summed E-state index contributed by atoms with van der Waals surface area (Å²) in [6.07, 6.45) is 6.08. The Morgan fingerprint density at radius 2 is 2.08 bits per heavy atom. The Kier molecular flexibility index (Phi) is 5.77. The molecule has 1 aliphatic heterocycles.